The second-order valence-electron chi connectivity index (χ2n) is 3.78. The maximum atomic E-state index is 13.8. The lowest BCUT2D eigenvalue weighted by molar-refractivity contribution is 0.101. The molecule has 0 unspecified atom stereocenters. The number of carbonyl (C=O) groups is 1. The number of benzene rings is 1. The Morgan fingerprint density at radius 1 is 1.41 bits per heavy atom. The second-order valence-corrected chi connectivity index (χ2v) is 3.78. The largest absolute Gasteiger partial charge is 0.295 e. The molecule has 0 spiro atoms. The molecule has 2 rings (SSSR count). The monoisotopic (exact) mass is 232 g/mol. The summed E-state index contributed by atoms with van der Waals surface area (Å²) in [6, 6.07) is 6.12. The van der Waals surface area contributed by atoms with E-state index < -0.39 is 0 Å². The van der Waals surface area contributed by atoms with Crippen LogP contribution in [0.4, 0.5) is 4.39 Å². The quantitative estimate of drug-likeness (QED) is 0.762. The zero-order chi connectivity index (χ0) is 12.4. The molecule has 0 fully saturated rings. The number of carbonyl (C=O) groups excluding carboxylic acids is 1. The van der Waals surface area contributed by atoms with Gasteiger partial charge in [0.15, 0.2) is 5.78 Å². The van der Waals surface area contributed by atoms with Gasteiger partial charge in [0, 0.05) is 23.9 Å². The molecule has 0 N–H and O–H groups in total. The molecule has 17 heavy (non-hydrogen) atoms. The number of nitrogens with zero attached hydrogens (tertiary/aromatic N) is 2. The average molecular weight is 232 g/mol. The Morgan fingerprint density at radius 3 is 2.82 bits per heavy atom. The normalized spacial score (nSPS) is 10.5. The number of halogens is 1. The van der Waals surface area contributed by atoms with Crippen molar-refractivity contribution in [3.8, 4) is 11.3 Å². The van der Waals surface area contributed by atoms with Crippen molar-refractivity contribution in [1.29, 1.82) is 0 Å². The Hall–Kier alpha value is -1.97. The van der Waals surface area contributed by atoms with Gasteiger partial charge in [-0.25, -0.2) is 4.39 Å². The van der Waals surface area contributed by atoms with E-state index in [0.717, 1.165) is 0 Å². The van der Waals surface area contributed by atoms with Crippen LogP contribution in [0.15, 0.2) is 30.5 Å². The summed E-state index contributed by atoms with van der Waals surface area (Å²) < 4.78 is 15.5. The highest BCUT2D eigenvalue weighted by Gasteiger charge is 2.11. The van der Waals surface area contributed by atoms with Crippen LogP contribution in [-0.4, -0.2) is 15.6 Å². The van der Waals surface area contributed by atoms with E-state index in [-0.39, 0.29) is 11.6 Å². The van der Waals surface area contributed by atoms with Gasteiger partial charge in [0.25, 0.3) is 0 Å². The Morgan fingerprint density at radius 2 is 2.18 bits per heavy atom. The van der Waals surface area contributed by atoms with Crippen molar-refractivity contribution in [2.24, 2.45) is 0 Å². The van der Waals surface area contributed by atoms with E-state index in [1.54, 1.807) is 23.0 Å². The molecule has 88 valence electrons. The number of aryl methyl sites for hydroxylation is 1. The van der Waals surface area contributed by atoms with Crippen molar-refractivity contribution in [1.82, 2.24) is 9.78 Å². The predicted molar refractivity (Wildman–Crippen MR) is 63.3 cm³/mol. The predicted octanol–water partition coefficient (Wildman–Crippen LogP) is 2.91. The van der Waals surface area contributed by atoms with E-state index in [1.165, 1.54) is 19.1 Å². The number of hydrogen-bond donors (Lipinski definition) is 0. The molecule has 0 saturated carbocycles. The number of ketones is 1. The van der Waals surface area contributed by atoms with Crippen LogP contribution in [0.1, 0.15) is 24.2 Å². The fourth-order valence-electron chi connectivity index (χ4n) is 1.75. The first-order chi connectivity index (χ1) is 8.13. The first kappa shape index (κ1) is 11.5. The van der Waals surface area contributed by atoms with Crippen LogP contribution in [0.25, 0.3) is 11.3 Å². The van der Waals surface area contributed by atoms with Gasteiger partial charge in [0.2, 0.25) is 0 Å². The number of rotatable bonds is 3. The van der Waals surface area contributed by atoms with Crippen molar-refractivity contribution in [2.75, 3.05) is 0 Å². The van der Waals surface area contributed by atoms with E-state index in [0.29, 0.717) is 23.4 Å². The van der Waals surface area contributed by atoms with Crippen molar-refractivity contribution >= 4 is 5.78 Å². The van der Waals surface area contributed by atoms with Gasteiger partial charge in [0.1, 0.15) is 5.82 Å². The summed E-state index contributed by atoms with van der Waals surface area (Å²) >= 11 is 0. The van der Waals surface area contributed by atoms with Gasteiger partial charge in [0.05, 0.1) is 5.69 Å². The molecule has 0 aliphatic carbocycles. The van der Waals surface area contributed by atoms with Crippen LogP contribution in [0.2, 0.25) is 0 Å². The third kappa shape index (κ3) is 2.11. The molecule has 0 amide bonds. The van der Waals surface area contributed by atoms with Crippen molar-refractivity contribution in [3.63, 3.8) is 0 Å². The van der Waals surface area contributed by atoms with Gasteiger partial charge in [-0.2, -0.15) is 5.10 Å². The van der Waals surface area contributed by atoms with Gasteiger partial charge >= 0.3 is 0 Å². The zero-order valence-corrected chi connectivity index (χ0v) is 9.77. The summed E-state index contributed by atoms with van der Waals surface area (Å²) in [5.74, 6) is -0.418. The second kappa shape index (κ2) is 4.49. The molecule has 0 aliphatic rings. The lowest BCUT2D eigenvalue weighted by atomic mass is 10.1. The minimum atomic E-state index is -0.342. The molecule has 0 radical (unpaired) electrons. The van der Waals surface area contributed by atoms with E-state index >= 15 is 0 Å². The van der Waals surface area contributed by atoms with E-state index in [2.05, 4.69) is 5.10 Å². The van der Waals surface area contributed by atoms with E-state index in [9.17, 15) is 9.18 Å². The molecule has 1 heterocycles. The summed E-state index contributed by atoms with van der Waals surface area (Å²) in [6.07, 6.45) is 1.62. The Labute approximate surface area is 98.9 Å². The van der Waals surface area contributed by atoms with Gasteiger partial charge in [-0.05, 0) is 38.1 Å². The average Bonchev–Trinajstić information content (AvgIpc) is 2.77. The molecule has 0 saturated heterocycles. The fraction of sp³-hybridized carbons (Fsp3) is 0.231. The fourth-order valence-corrected chi connectivity index (χ4v) is 1.75. The molecular weight excluding hydrogens is 219 g/mol. The van der Waals surface area contributed by atoms with Crippen molar-refractivity contribution in [3.05, 3.63) is 41.8 Å². The topological polar surface area (TPSA) is 34.9 Å². The Kier molecular flexibility index (Phi) is 3.04. The maximum Gasteiger partial charge on any atom is 0.159 e. The van der Waals surface area contributed by atoms with E-state index in [1.807, 2.05) is 6.92 Å². The lowest BCUT2D eigenvalue weighted by Crippen LogP contribution is -2.01. The summed E-state index contributed by atoms with van der Waals surface area (Å²) in [5.41, 5.74) is 1.61. The van der Waals surface area contributed by atoms with E-state index in [4.69, 9.17) is 0 Å². The van der Waals surface area contributed by atoms with Gasteiger partial charge in [-0.1, -0.05) is 0 Å². The SMILES string of the molecule is CCn1nccc1-c1cc(C(C)=O)ccc1F. The Bertz CT molecular complexity index is 560. The first-order valence-corrected chi connectivity index (χ1v) is 5.46. The van der Waals surface area contributed by atoms with Gasteiger partial charge < -0.3 is 0 Å². The standard InChI is InChI=1S/C13H13FN2O/c1-3-16-13(6-7-15-16)11-8-10(9(2)17)4-5-12(11)14/h4-8H,3H2,1-2H3. The maximum absolute atomic E-state index is 13.8. The smallest absolute Gasteiger partial charge is 0.159 e. The highest BCUT2D eigenvalue weighted by atomic mass is 19.1. The number of hydrogen-bond acceptors (Lipinski definition) is 2. The van der Waals surface area contributed by atoms with Crippen LogP contribution in [0.3, 0.4) is 0 Å². The van der Waals surface area contributed by atoms with Crippen LogP contribution in [0, 0.1) is 5.82 Å². The molecule has 2 aromatic rings. The summed E-state index contributed by atoms with van der Waals surface area (Å²) in [6.45, 7) is 4.06. The van der Waals surface area contributed by atoms with Gasteiger partial charge in [-0.15, -0.1) is 0 Å². The van der Waals surface area contributed by atoms with Crippen LogP contribution in [-0.2, 0) is 6.54 Å². The summed E-state index contributed by atoms with van der Waals surface area (Å²) in [5, 5.41) is 4.09. The van der Waals surface area contributed by atoms with Crippen molar-refractivity contribution < 1.29 is 9.18 Å². The first-order valence-electron chi connectivity index (χ1n) is 5.46. The van der Waals surface area contributed by atoms with Gasteiger partial charge in [-0.3, -0.25) is 9.48 Å². The number of Topliss-reactive ketones (excluding diaryl/α,β-unsaturated/α-hetero) is 1. The molecule has 0 bridgehead atoms. The minimum absolute atomic E-state index is 0.0752. The lowest BCUT2D eigenvalue weighted by Gasteiger charge is -2.07. The summed E-state index contributed by atoms with van der Waals surface area (Å²) in [7, 11) is 0. The molecular formula is C13H13FN2O. The molecule has 1 aromatic carbocycles. The zero-order valence-electron chi connectivity index (χ0n) is 9.77. The molecule has 1 aromatic heterocycles. The van der Waals surface area contributed by atoms with Crippen LogP contribution in [0.5, 0.6) is 0 Å². The Balaban J connectivity index is 2.58. The minimum Gasteiger partial charge on any atom is -0.295 e. The number of aromatic nitrogens is 2. The highest BCUT2D eigenvalue weighted by molar-refractivity contribution is 5.95. The summed E-state index contributed by atoms with van der Waals surface area (Å²) in [4.78, 5) is 11.3. The third-order valence-electron chi connectivity index (χ3n) is 2.66. The third-order valence-corrected chi connectivity index (χ3v) is 2.66. The van der Waals surface area contributed by atoms with Crippen LogP contribution < -0.4 is 0 Å². The molecule has 3 nitrogen and oxygen atoms in total. The molecule has 0 atom stereocenters. The van der Waals surface area contributed by atoms with Crippen molar-refractivity contribution in [2.45, 2.75) is 20.4 Å². The highest BCUT2D eigenvalue weighted by Crippen LogP contribution is 2.24. The van der Waals surface area contributed by atoms with Crippen LogP contribution >= 0.6 is 0 Å². The molecule has 0 aliphatic heterocycles. The molecule has 4 heteroatoms.